The predicted octanol–water partition coefficient (Wildman–Crippen LogP) is 3.91. The fraction of sp³-hybridized carbons (Fsp3) is 1.00. The second-order valence-corrected chi connectivity index (χ2v) is 8.12. The number of hydrogen-bond acceptors (Lipinski definition) is 2. The Labute approximate surface area is 126 Å². The van der Waals surface area contributed by atoms with Gasteiger partial charge in [-0.2, -0.15) is 0 Å². The van der Waals surface area contributed by atoms with Crippen molar-refractivity contribution in [2.75, 3.05) is 19.6 Å². The zero-order chi connectivity index (χ0) is 14.8. The fourth-order valence-electron chi connectivity index (χ4n) is 4.06. The molecule has 20 heavy (non-hydrogen) atoms. The maximum absolute atomic E-state index is 3.77. The summed E-state index contributed by atoms with van der Waals surface area (Å²) in [5.41, 5.74) is 0.478. The van der Waals surface area contributed by atoms with E-state index in [0.29, 0.717) is 5.41 Å². The van der Waals surface area contributed by atoms with Crippen molar-refractivity contribution in [2.45, 2.75) is 78.8 Å². The van der Waals surface area contributed by atoms with Crippen molar-refractivity contribution >= 4 is 0 Å². The molecule has 0 aromatic heterocycles. The van der Waals surface area contributed by atoms with E-state index in [1.165, 1.54) is 45.2 Å². The van der Waals surface area contributed by atoms with Crippen LogP contribution in [0.5, 0.6) is 0 Å². The number of nitrogens with zero attached hydrogens (tertiary/aromatic N) is 1. The van der Waals surface area contributed by atoms with E-state index in [9.17, 15) is 0 Å². The monoisotopic (exact) mass is 280 g/mol. The van der Waals surface area contributed by atoms with E-state index in [0.717, 1.165) is 30.5 Å². The highest BCUT2D eigenvalue weighted by molar-refractivity contribution is 4.92. The van der Waals surface area contributed by atoms with Crippen LogP contribution in [0.15, 0.2) is 0 Å². The highest BCUT2D eigenvalue weighted by Crippen LogP contribution is 2.41. The van der Waals surface area contributed by atoms with Crippen molar-refractivity contribution < 1.29 is 0 Å². The van der Waals surface area contributed by atoms with E-state index < -0.39 is 0 Å². The van der Waals surface area contributed by atoms with Crippen LogP contribution in [0.25, 0.3) is 0 Å². The van der Waals surface area contributed by atoms with Gasteiger partial charge >= 0.3 is 0 Å². The molecule has 0 aromatic carbocycles. The summed E-state index contributed by atoms with van der Waals surface area (Å²) in [5.74, 6) is 1.76. The Morgan fingerprint density at radius 3 is 2.25 bits per heavy atom. The number of rotatable bonds is 6. The fourth-order valence-corrected chi connectivity index (χ4v) is 4.06. The first-order valence-corrected chi connectivity index (χ1v) is 8.93. The summed E-state index contributed by atoms with van der Waals surface area (Å²) < 4.78 is 0. The lowest BCUT2D eigenvalue weighted by Gasteiger charge is -2.43. The minimum atomic E-state index is 0.478. The van der Waals surface area contributed by atoms with Crippen LogP contribution in [0.4, 0.5) is 0 Å². The molecule has 0 bridgehead atoms. The Morgan fingerprint density at radius 2 is 1.75 bits per heavy atom. The molecule has 0 heterocycles. The molecule has 0 aliphatic heterocycles. The summed E-state index contributed by atoms with van der Waals surface area (Å²) in [5, 5.41) is 3.77. The molecule has 2 fully saturated rings. The van der Waals surface area contributed by atoms with Crippen LogP contribution in [-0.2, 0) is 0 Å². The van der Waals surface area contributed by atoms with Gasteiger partial charge in [0.15, 0.2) is 0 Å². The zero-order valence-electron chi connectivity index (χ0n) is 14.4. The normalized spacial score (nSPS) is 31.8. The Bertz CT molecular complexity index is 288. The van der Waals surface area contributed by atoms with Crippen molar-refractivity contribution in [1.29, 1.82) is 0 Å². The highest BCUT2D eigenvalue weighted by atomic mass is 15.2. The van der Waals surface area contributed by atoms with Crippen LogP contribution in [-0.4, -0.2) is 36.6 Å². The first-order chi connectivity index (χ1) is 9.45. The van der Waals surface area contributed by atoms with Crippen molar-refractivity contribution in [3.8, 4) is 0 Å². The third kappa shape index (κ3) is 4.21. The lowest BCUT2D eigenvalue weighted by molar-refractivity contribution is 0.0869. The van der Waals surface area contributed by atoms with Gasteiger partial charge < -0.3 is 10.2 Å². The van der Waals surface area contributed by atoms with Crippen LogP contribution in [0.3, 0.4) is 0 Å². The van der Waals surface area contributed by atoms with E-state index in [2.05, 4.69) is 44.8 Å². The molecule has 0 aromatic rings. The minimum absolute atomic E-state index is 0.478. The topological polar surface area (TPSA) is 15.3 Å². The van der Waals surface area contributed by atoms with E-state index in [1.54, 1.807) is 0 Å². The van der Waals surface area contributed by atoms with Crippen molar-refractivity contribution in [3.05, 3.63) is 0 Å². The lowest BCUT2D eigenvalue weighted by Crippen LogP contribution is -2.47. The number of hydrogen-bond donors (Lipinski definition) is 1. The maximum atomic E-state index is 3.77. The summed E-state index contributed by atoms with van der Waals surface area (Å²) in [4.78, 5) is 2.75. The molecule has 2 aliphatic rings. The van der Waals surface area contributed by atoms with Crippen LogP contribution in [0.2, 0.25) is 0 Å². The van der Waals surface area contributed by atoms with Gasteiger partial charge in [0.1, 0.15) is 0 Å². The Hall–Kier alpha value is -0.0800. The van der Waals surface area contributed by atoms with E-state index in [-0.39, 0.29) is 0 Å². The number of nitrogens with one attached hydrogen (secondary N) is 1. The highest BCUT2D eigenvalue weighted by Gasteiger charge is 2.38. The van der Waals surface area contributed by atoms with E-state index >= 15 is 0 Å². The van der Waals surface area contributed by atoms with Crippen molar-refractivity contribution in [1.82, 2.24) is 10.2 Å². The van der Waals surface area contributed by atoms with Crippen LogP contribution < -0.4 is 5.32 Å². The smallest absolute Gasteiger partial charge is 0.0108 e. The van der Waals surface area contributed by atoms with Gasteiger partial charge in [0, 0.05) is 18.6 Å². The lowest BCUT2D eigenvalue weighted by atomic mass is 9.67. The molecular formula is C18H36N2. The Morgan fingerprint density at radius 1 is 1.05 bits per heavy atom. The Kier molecular flexibility index (Phi) is 5.53. The molecule has 2 saturated carbocycles. The van der Waals surface area contributed by atoms with Crippen LogP contribution in [0.1, 0.15) is 66.7 Å². The molecule has 118 valence electrons. The van der Waals surface area contributed by atoms with Gasteiger partial charge in [-0.3, -0.25) is 0 Å². The minimum Gasteiger partial charge on any atom is -0.314 e. The molecule has 0 saturated heterocycles. The summed E-state index contributed by atoms with van der Waals surface area (Å²) in [7, 11) is 0. The zero-order valence-corrected chi connectivity index (χ0v) is 14.4. The molecule has 0 radical (unpaired) electrons. The maximum Gasteiger partial charge on any atom is 0.0108 e. The quantitative estimate of drug-likeness (QED) is 0.793. The second-order valence-electron chi connectivity index (χ2n) is 8.12. The molecule has 2 nitrogen and oxygen atoms in total. The van der Waals surface area contributed by atoms with Gasteiger partial charge in [-0.05, 0) is 62.4 Å². The van der Waals surface area contributed by atoms with Gasteiger partial charge in [-0.15, -0.1) is 0 Å². The average molecular weight is 281 g/mol. The third-order valence-electron chi connectivity index (χ3n) is 5.61. The predicted molar refractivity (Wildman–Crippen MR) is 88.0 cm³/mol. The molecule has 3 unspecified atom stereocenters. The van der Waals surface area contributed by atoms with Crippen LogP contribution >= 0.6 is 0 Å². The molecular weight excluding hydrogens is 244 g/mol. The molecule has 2 heteroatoms. The van der Waals surface area contributed by atoms with Gasteiger partial charge in [-0.1, -0.05) is 34.6 Å². The standard InChI is InChI=1S/C18H36N2/c1-6-19-17-11-8-15(18(3,4)5)12-14(17)13-20(7-2)16-9-10-16/h14-17,19H,6-13H2,1-5H3. The molecule has 2 rings (SSSR count). The summed E-state index contributed by atoms with van der Waals surface area (Å²) >= 11 is 0. The van der Waals surface area contributed by atoms with Gasteiger partial charge in [0.25, 0.3) is 0 Å². The SMILES string of the molecule is CCNC1CCC(C(C)(C)C)CC1CN(CC)C1CC1. The van der Waals surface area contributed by atoms with E-state index in [1.807, 2.05) is 0 Å². The first-order valence-electron chi connectivity index (χ1n) is 8.93. The summed E-state index contributed by atoms with van der Waals surface area (Å²) in [6, 6.07) is 1.67. The third-order valence-corrected chi connectivity index (χ3v) is 5.61. The van der Waals surface area contributed by atoms with Gasteiger partial charge in [-0.25, -0.2) is 0 Å². The summed E-state index contributed by atoms with van der Waals surface area (Å²) in [6.07, 6.45) is 7.09. The van der Waals surface area contributed by atoms with E-state index in [4.69, 9.17) is 0 Å². The van der Waals surface area contributed by atoms with Gasteiger partial charge in [0.05, 0.1) is 0 Å². The van der Waals surface area contributed by atoms with Gasteiger partial charge in [0.2, 0.25) is 0 Å². The second kappa shape index (κ2) is 6.79. The summed E-state index contributed by atoms with van der Waals surface area (Å²) in [6.45, 7) is 15.6. The first kappa shape index (κ1) is 16.3. The molecule has 2 aliphatic carbocycles. The molecule has 0 amide bonds. The van der Waals surface area contributed by atoms with Crippen molar-refractivity contribution in [2.24, 2.45) is 17.3 Å². The Balaban J connectivity index is 1.98. The molecule has 3 atom stereocenters. The molecule has 0 spiro atoms. The van der Waals surface area contributed by atoms with Crippen molar-refractivity contribution in [3.63, 3.8) is 0 Å². The molecule has 1 N–H and O–H groups in total. The largest absolute Gasteiger partial charge is 0.314 e. The average Bonchev–Trinajstić information content (AvgIpc) is 3.20. The van der Waals surface area contributed by atoms with Crippen LogP contribution in [0, 0.1) is 17.3 Å².